The van der Waals surface area contributed by atoms with Crippen molar-refractivity contribution in [1.82, 2.24) is 19.7 Å². The molecule has 1 saturated heterocycles. The van der Waals surface area contributed by atoms with Crippen LogP contribution in [-0.2, 0) is 27.6 Å². The summed E-state index contributed by atoms with van der Waals surface area (Å²) in [4.78, 5) is 17.1. The Labute approximate surface area is 253 Å². The second-order valence-corrected chi connectivity index (χ2v) is 11.8. The summed E-state index contributed by atoms with van der Waals surface area (Å²) in [6, 6.07) is 4.95. The lowest BCUT2D eigenvalue weighted by molar-refractivity contribution is -0.182. The molecule has 5 heterocycles. The zero-order chi connectivity index (χ0) is 31.5. The Balaban J connectivity index is 0.000000365. The first kappa shape index (κ1) is 32.4. The van der Waals surface area contributed by atoms with Gasteiger partial charge in [-0.2, -0.15) is 13.9 Å². The van der Waals surface area contributed by atoms with Crippen LogP contribution in [0.3, 0.4) is 0 Å². The molecule has 0 aliphatic carbocycles. The summed E-state index contributed by atoms with van der Waals surface area (Å²) in [5.74, 6) is -4.81. The fourth-order valence-electron chi connectivity index (χ4n) is 4.87. The molecule has 0 aromatic carbocycles. The summed E-state index contributed by atoms with van der Waals surface area (Å²) in [6.45, 7) is 6.25. The van der Waals surface area contributed by atoms with Gasteiger partial charge in [0.1, 0.15) is 24.1 Å². The van der Waals surface area contributed by atoms with Crippen molar-refractivity contribution < 1.29 is 43.9 Å². The first-order valence-corrected chi connectivity index (χ1v) is 14.2. The lowest BCUT2D eigenvalue weighted by Crippen LogP contribution is -2.48. The molecule has 3 aromatic rings. The molecule has 0 unspecified atom stereocenters. The number of aryl methyl sites for hydroxylation is 1. The van der Waals surface area contributed by atoms with Gasteiger partial charge in [-0.1, -0.05) is 23.3 Å². The molecule has 5 rings (SSSR count). The number of carboxylic acid groups (broad SMARTS) is 1. The van der Waals surface area contributed by atoms with E-state index in [9.17, 15) is 13.6 Å². The molecule has 43 heavy (non-hydrogen) atoms. The van der Waals surface area contributed by atoms with Crippen LogP contribution >= 0.6 is 22.9 Å². The number of carbonyl (C=O) groups is 1. The van der Waals surface area contributed by atoms with Crippen LogP contribution in [0.4, 0.5) is 8.78 Å². The van der Waals surface area contributed by atoms with Crippen LogP contribution in [0, 0.1) is 6.92 Å². The summed E-state index contributed by atoms with van der Waals surface area (Å²) in [5, 5.41) is 50.1. The number of aliphatic hydroxyl groups excluding tert-OH is 3. The first-order chi connectivity index (χ1) is 20.3. The number of oxime groups is 1. The maximum atomic E-state index is 14.4. The van der Waals surface area contributed by atoms with Crippen LogP contribution in [0.25, 0.3) is 5.82 Å². The first-order valence-electron chi connectivity index (χ1n) is 13.0. The number of thiophene rings is 1. The van der Waals surface area contributed by atoms with Gasteiger partial charge in [-0.25, -0.2) is 14.5 Å². The van der Waals surface area contributed by atoms with E-state index in [0.717, 1.165) is 11.3 Å². The number of likely N-dealkylation sites (tertiary alicyclic amines) is 1. The third-order valence-corrected chi connectivity index (χ3v) is 8.67. The van der Waals surface area contributed by atoms with E-state index in [1.54, 1.807) is 23.0 Å². The molecule has 3 aromatic heterocycles. The average Bonchev–Trinajstić information content (AvgIpc) is 3.55. The van der Waals surface area contributed by atoms with E-state index in [-0.39, 0.29) is 5.56 Å². The molecule has 5 N–H and O–H groups in total. The Morgan fingerprint density at radius 3 is 2.60 bits per heavy atom. The Hall–Kier alpha value is -3.47. The zero-order valence-corrected chi connectivity index (χ0v) is 24.5. The van der Waals surface area contributed by atoms with Gasteiger partial charge >= 0.3 is 5.97 Å². The summed E-state index contributed by atoms with van der Waals surface area (Å²) in [5.41, 5.74) is 1.88. The molecule has 2 aliphatic rings. The van der Waals surface area contributed by atoms with Gasteiger partial charge in [0.15, 0.2) is 11.9 Å². The number of nitrogens with zero attached hydrogens (tertiary/aromatic N) is 5. The van der Waals surface area contributed by atoms with Crippen molar-refractivity contribution in [1.29, 1.82) is 0 Å². The third-order valence-electron chi connectivity index (χ3n) is 7.22. The highest BCUT2D eigenvalue weighted by molar-refractivity contribution is 7.16. The molecule has 0 saturated carbocycles. The number of ether oxygens (including phenoxy) is 1. The Morgan fingerprint density at radius 2 is 2.00 bits per heavy atom. The molecule has 232 valence electrons. The molecule has 0 radical (unpaired) electrons. The SMILES string of the molecule is C=C(O)[C@H](O)[C@@H](O)C(=O)O.Cc1nn(-c2ncccc2/C=N/O)cc1CN1CCC2(CC1)OCC(F)(F)c1cc(Cl)sc12. The monoisotopic (exact) mass is 641 g/mol. The fraction of sp³-hybridized carbons (Fsp3) is 0.407. The summed E-state index contributed by atoms with van der Waals surface area (Å²) in [6.07, 6.45) is 2.31. The van der Waals surface area contributed by atoms with Crippen LogP contribution in [0.2, 0.25) is 4.34 Å². The maximum Gasteiger partial charge on any atom is 0.335 e. The minimum atomic E-state index is -3.00. The highest BCUT2D eigenvalue weighted by atomic mass is 35.5. The summed E-state index contributed by atoms with van der Waals surface area (Å²) >= 11 is 7.31. The van der Waals surface area contributed by atoms with Crippen molar-refractivity contribution in [3.05, 3.63) is 74.5 Å². The zero-order valence-electron chi connectivity index (χ0n) is 22.9. The number of alkyl halides is 2. The van der Waals surface area contributed by atoms with E-state index in [0.29, 0.717) is 53.1 Å². The normalized spacial score (nSPS) is 18.9. The van der Waals surface area contributed by atoms with Gasteiger partial charge in [-0.15, -0.1) is 11.3 Å². The number of aliphatic hydroxyl groups is 3. The standard InChI is InChI=1S/C22H22ClF2N5O2S.C5H8O5/c1-14-16(12-30(28-14)20-15(10-27-31)3-2-6-26-20)11-29-7-4-21(5-8-29)19-17(9-18(23)33-19)22(24,25)13-32-21;1-2(6)3(7)4(8)5(9)10/h2-3,6,9-10,12,31H,4-5,7-8,11,13H2,1H3;3-4,6-8H,1H2,(H,9,10)/b27-10+;/t;3-,4+/m.0/s1. The number of hydrogen-bond donors (Lipinski definition) is 5. The third kappa shape index (κ3) is 7.03. The molecule has 0 bridgehead atoms. The van der Waals surface area contributed by atoms with E-state index in [4.69, 9.17) is 42.0 Å². The van der Waals surface area contributed by atoms with Crippen molar-refractivity contribution in [3.8, 4) is 5.82 Å². The molecule has 12 nitrogen and oxygen atoms in total. The van der Waals surface area contributed by atoms with Gasteiger partial charge in [-0.3, -0.25) is 4.90 Å². The van der Waals surface area contributed by atoms with Crippen molar-refractivity contribution in [2.45, 2.75) is 50.0 Å². The molecule has 1 fully saturated rings. The second-order valence-electron chi connectivity index (χ2n) is 10.1. The predicted molar refractivity (Wildman–Crippen MR) is 152 cm³/mol. The minimum Gasteiger partial charge on any atom is -0.510 e. The summed E-state index contributed by atoms with van der Waals surface area (Å²) in [7, 11) is 0. The van der Waals surface area contributed by atoms with E-state index < -0.39 is 42.1 Å². The van der Waals surface area contributed by atoms with Gasteiger partial charge in [0.25, 0.3) is 5.92 Å². The molecular weight excluding hydrogens is 612 g/mol. The van der Waals surface area contributed by atoms with Crippen LogP contribution in [0.5, 0.6) is 0 Å². The lowest BCUT2D eigenvalue weighted by Gasteiger charge is -2.45. The predicted octanol–water partition coefficient (Wildman–Crippen LogP) is 3.58. The number of rotatable bonds is 7. The fourth-order valence-corrected chi connectivity index (χ4v) is 6.35. The van der Waals surface area contributed by atoms with Gasteiger partial charge < -0.3 is 30.4 Å². The number of hydrogen-bond acceptors (Lipinski definition) is 11. The van der Waals surface area contributed by atoms with E-state index in [2.05, 4.69) is 26.7 Å². The van der Waals surface area contributed by atoms with Gasteiger partial charge in [0.2, 0.25) is 0 Å². The lowest BCUT2D eigenvalue weighted by atomic mass is 9.84. The number of carboxylic acids is 1. The topological polar surface area (TPSA) is 174 Å². The van der Waals surface area contributed by atoms with E-state index >= 15 is 0 Å². The quantitative estimate of drug-likeness (QED) is 0.111. The summed E-state index contributed by atoms with van der Waals surface area (Å²) < 4.78 is 36.6. The average molecular weight is 642 g/mol. The Bertz CT molecular complexity index is 1490. The van der Waals surface area contributed by atoms with Gasteiger partial charge in [-0.05, 0) is 38.0 Å². The number of pyridine rings is 1. The number of aliphatic carboxylic acids is 1. The molecular formula is C27H30ClF2N5O7S. The van der Waals surface area contributed by atoms with Crippen molar-refractivity contribution >= 4 is 35.1 Å². The van der Waals surface area contributed by atoms with Crippen LogP contribution in [-0.4, -0.2) is 89.4 Å². The highest BCUT2D eigenvalue weighted by Crippen LogP contribution is 2.52. The maximum absolute atomic E-state index is 14.4. The van der Waals surface area contributed by atoms with E-state index in [1.807, 2.05) is 13.1 Å². The smallest absolute Gasteiger partial charge is 0.335 e. The Morgan fingerprint density at radius 1 is 1.30 bits per heavy atom. The molecule has 16 heteroatoms. The molecule has 1 spiro atoms. The number of fused-ring (bicyclic) bond motifs is 2. The van der Waals surface area contributed by atoms with Crippen LogP contribution in [0.15, 0.2) is 48.1 Å². The highest BCUT2D eigenvalue weighted by Gasteiger charge is 2.51. The van der Waals surface area contributed by atoms with Crippen LogP contribution in [0.1, 0.15) is 40.1 Å². The number of halogens is 3. The Kier molecular flexibility index (Phi) is 9.83. The molecule has 2 aliphatic heterocycles. The van der Waals surface area contributed by atoms with Gasteiger partial charge in [0.05, 0.1) is 16.2 Å². The molecule has 2 atom stereocenters. The number of aromatic nitrogens is 3. The minimum absolute atomic E-state index is 0.0203. The van der Waals surface area contributed by atoms with Crippen molar-refractivity contribution in [2.75, 3.05) is 19.7 Å². The second kappa shape index (κ2) is 13.0. The molecule has 0 amide bonds. The van der Waals surface area contributed by atoms with Crippen LogP contribution < -0.4 is 0 Å². The number of piperidine rings is 1. The van der Waals surface area contributed by atoms with Gasteiger partial charge in [0, 0.05) is 53.6 Å². The van der Waals surface area contributed by atoms with Crippen molar-refractivity contribution in [2.24, 2.45) is 5.16 Å². The van der Waals surface area contributed by atoms with E-state index in [1.165, 1.54) is 23.6 Å². The van der Waals surface area contributed by atoms with Crippen molar-refractivity contribution in [3.63, 3.8) is 0 Å². The largest absolute Gasteiger partial charge is 0.510 e.